The molecule has 364 valence electrons. The first kappa shape index (κ1) is 60.3. The minimum Gasteiger partial charge on any atom is -0.462 e. The van der Waals surface area contributed by atoms with Crippen LogP contribution in [0.25, 0.3) is 0 Å². The highest BCUT2D eigenvalue weighted by Gasteiger charge is 2.19. The average Bonchev–Trinajstić information content (AvgIpc) is 3.29. The summed E-state index contributed by atoms with van der Waals surface area (Å²) < 4.78 is 16.8. The second kappa shape index (κ2) is 52.0. The molecule has 0 radical (unpaired) electrons. The van der Waals surface area contributed by atoms with Crippen molar-refractivity contribution in [3.8, 4) is 0 Å². The van der Waals surface area contributed by atoms with Crippen molar-refractivity contribution in [2.75, 3.05) is 13.2 Å². The summed E-state index contributed by atoms with van der Waals surface area (Å²) in [6, 6.07) is 0. The van der Waals surface area contributed by atoms with E-state index in [0.29, 0.717) is 19.3 Å². The third-order valence-electron chi connectivity index (χ3n) is 11.0. The van der Waals surface area contributed by atoms with E-state index >= 15 is 0 Å². The maximum absolute atomic E-state index is 12.8. The Kier molecular flexibility index (Phi) is 49.0. The van der Waals surface area contributed by atoms with Gasteiger partial charge in [-0.1, -0.05) is 246 Å². The number of hydrogen-bond acceptors (Lipinski definition) is 6. The molecule has 6 nitrogen and oxygen atoms in total. The van der Waals surface area contributed by atoms with Gasteiger partial charge in [0.1, 0.15) is 13.2 Å². The maximum Gasteiger partial charge on any atom is 0.306 e. The van der Waals surface area contributed by atoms with Crippen LogP contribution in [-0.2, 0) is 28.6 Å². The molecule has 0 amide bonds. The Hall–Kier alpha value is -3.67. The van der Waals surface area contributed by atoms with Gasteiger partial charge < -0.3 is 14.2 Å². The molecule has 0 bridgehead atoms. The lowest BCUT2D eigenvalue weighted by molar-refractivity contribution is -0.167. The Bertz CT molecular complexity index is 1300. The van der Waals surface area contributed by atoms with Gasteiger partial charge in [-0.05, 0) is 64.2 Å². The Morgan fingerprint density at radius 1 is 0.328 bits per heavy atom. The van der Waals surface area contributed by atoms with Crippen molar-refractivity contribution in [3.05, 3.63) is 97.2 Å². The van der Waals surface area contributed by atoms with Gasteiger partial charge in [0, 0.05) is 19.3 Å². The van der Waals surface area contributed by atoms with Crippen molar-refractivity contribution in [1.29, 1.82) is 0 Å². The Morgan fingerprint density at radius 2 is 0.609 bits per heavy atom. The van der Waals surface area contributed by atoms with Gasteiger partial charge in [0.15, 0.2) is 6.10 Å². The average molecular weight is 889 g/mol. The van der Waals surface area contributed by atoms with E-state index in [1.54, 1.807) is 0 Å². The first-order valence-corrected chi connectivity index (χ1v) is 26.3. The molecule has 0 aromatic carbocycles. The van der Waals surface area contributed by atoms with Gasteiger partial charge >= 0.3 is 17.9 Å². The number of esters is 3. The fourth-order valence-electron chi connectivity index (χ4n) is 7.05. The predicted molar refractivity (Wildman–Crippen MR) is 274 cm³/mol. The standard InChI is InChI=1S/C58H96O6/c1-4-7-10-13-16-19-22-25-27-28-29-31-33-36-39-42-45-48-51-57(60)63-54-55(53-62-56(59)50-47-44-41-38-35-32-24-21-18-15-12-9-6-3)64-58(61)52-49-46-43-40-37-34-30-26-23-20-17-14-11-8-5-2/h8,11,14,16-17,19-20,22-23,25-31,55H,4-7,9-10,12-13,15,18,21,24,32-54H2,1-3H3/b11-8-,17-14-,19-16-,23-20-,25-22-,28-27-,30-26-,31-29-. The van der Waals surface area contributed by atoms with Crippen molar-refractivity contribution in [2.45, 2.75) is 239 Å². The van der Waals surface area contributed by atoms with Crippen LogP contribution in [0.15, 0.2) is 97.2 Å². The zero-order valence-corrected chi connectivity index (χ0v) is 41.5. The van der Waals surface area contributed by atoms with Crippen molar-refractivity contribution in [1.82, 2.24) is 0 Å². The molecular formula is C58H96O6. The summed E-state index contributed by atoms with van der Waals surface area (Å²) in [5, 5.41) is 0. The Morgan fingerprint density at radius 3 is 0.984 bits per heavy atom. The minimum atomic E-state index is -0.799. The first-order chi connectivity index (χ1) is 31.5. The Balaban J connectivity index is 4.48. The molecule has 0 aromatic heterocycles. The van der Waals surface area contributed by atoms with E-state index in [1.807, 2.05) is 18.2 Å². The molecule has 0 spiro atoms. The van der Waals surface area contributed by atoms with Crippen LogP contribution >= 0.6 is 0 Å². The van der Waals surface area contributed by atoms with E-state index in [9.17, 15) is 14.4 Å². The molecule has 0 aliphatic carbocycles. The number of hydrogen-bond donors (Lipinski definition) is 0. The van der Waals surface area contributed by atoms with Crippen LogP contribution in [0.5, 0.6) is 0 Å². The van der Waals surface area contributed by atoms with Crippen LogP contribution in [0.3, 0.4) is 0 Å². The lowest BCUT2D eigenvalue weighted by Gasteiger charge is -2.18. The van der Waals surface area contributed by atoms with Crippen LogP contribution in [0.2, 0.25) is 0 Å². The highest BCUT2D eigenvalue weighted by Crippen LogP contribution is 2.15. The summed E-state index contributed by atoms with van der Waals surface area (Å²) in [5.74, 6) is -0.942. The summed E-state index contributed by atoms with van der Waals surface area (Å²) >= 11 is 0. The molecule has 0 N–H and O–H groups in total. The molecule has 0 saturated carbocycles. The SMILES string of the molecule is CC\C=C/C=C\C=C/C=C\CCCCCCCC(=O)OC(COC(=O)CCCCCCC\C=C/C=C\C=C/C=C\CCCCC)COC(=O)CCCCCCCCCCCCCCC. The van der Waals surface area contributed by atoms with Gasteiger partial charge in [0.2, 0.25) is 0 Å². The molecular weight excluding hydrogens is 793 g/mol. The van der Waals surface area contributed by atoms with E-state index in [0.717, 1.165) is 109 Å². The van der Waals surface area contributed by atoms with E-state index in [4.69, 9.17) is 14.2 Å². The van der Waals surface area contributed by atoms with E-state index in [1.165, 1.54) is 83.5 Å². The monoisotopic (exact) mass is 889 g/mol. The van der Waals surface area contributed by atoms with E-state index in [-0.39, 0.29) is 31.1 Å². The lowest BCUT2D eigenvalue weighted by Crippen LogP contribution is -2.30. The first-order valence-electron chi connectivity index (χ1n) is 26.3. The quantitative estimate of drug-likeness (QED) is 0.0262. The normalized spacial score (nSPS) is 12.9. The molecule has 0 aromatic rings. The molecule has 0 heterocycles. The number of ether oxygens (including phenoxy) is 3. The molecule has 1 unspecified atom stereocenters. The van der Waals surface area contributed by atoms with Gasteiger partial charge in [-0.3, -0.25) is 14.4 Å². The number of carbonyl (C=O) groups excluding carboxylic acids is 3. The number of unbranched alkanes of at least 4 members (excludes halogenated alkanes) is 25. The fourth-order valence-corrected chi connectivity index (χ4v) is 7.05. The van der Waals surface area contributed by atoms with Crippen LogP contribution < -0.4 is 0 Å². The number of rotatable bonds is 46. The molecule has 0 aliphatic rings. The van der Waals surface area contributed by atoms with Gasteiger partial charge in [-0.25, -0.2) is 0 Å². The zero-order valence-electron chi connectivity index (χ0n) is 41.5. The summed E-state index contributed by atoms with van der Waals surface area (Å²) in [4.78, 5) is 38.0. The summed E-state index contributed by atoms with van der Waals surface area (Å²) in [7, 11) is 0. The molecule has 6 heteroatoms. The molecule has 64 heavy (non-hydrogen) atoms. The van der Waals surface area contributed by atoms with Gasteiger partial charge in [-0.15, -0.1) is 0 Å². The third kappa shape index (κ3) is 49.3. The van der Waals surface area contributed by atoms with Crippen molar-refractivity contribution in [3.63, 3.8) is 0 Å². The second-order valence-corrected chi connectivity index (χ2v) is 17.2. The van der Waals surface area contributed by atoms with E-state index in [2.05, 4.69) is 99.8 Å². The number of carbonyl (C=O) groups is 3. The largest absolute Gasteiger partial charge is 0.462 e. The highest BCUT2D eigenvalue weighted by atomic mass is 16.6. The third-order valence-corrected chi connectivity index (χ3v) is 11.0. The van der Waals surface area contributed by atoms with Crippen LogP contribution in [-0.4, -0.2) is 37.2 Å². The van der Waals surface area contributed by atoms with Crippen molar-refractivity contribution in [2.24, 2.45) is 0 Å². The predicted octanol–water partition coefficient (Wildman–Crippen LogP) is 17.4. The minimum absolute atomic E-state index is 0.0946. The smallest absolute Gasteiger partial charge is 0.306 e. The van der Waals surface area contributed by atoms with Crippen molar-refractivity contribution >= 4 is 17.9 Å². The van der Waals surface area contributed by atoms with Gasteiger partial charge in [0.05, 0.1) is 0 Å². The number of allylic oxidation sites excluding steroid dienone is 16. The highest BCUT2D eigenvalue weighted by molar-refractivity contribution is 5.71. The van der Waals surface area contributed by atoms with Crippen molar-refractivity contribution < 1.29 is 28.6 Å². The van der Waals surface area contributed by atoms with Crippen LogP contribution in [0.1, 0.15) is 233 Å². The fraction of sp³-hybridized carbons (Fsp3) is 0.672. The summed E-state index contributed by atoms with van der Waals surface area (Å²) in [5.41, 5.74) is 0. The van der Waals surface area contributed by atoms with Gasteiger partial charge in [0.25, 0.3) is 0 Å². The van der Waals surface area contributed by atoms with Crippen LogP contribution in [0.4, 0.5) is 0 Å². The molecule has 0 fully saturated rings. The lowest BCUT2D eigenvalue weighted by atomic mass is 10.0. The topological polar surface area (TPSA) is 78.9 Å². The van der Waals surface area contributed by atoms with Crippen LogP contribution in [0, 0.1) is 0 Å². The van der Waals surface area contributed by atoms with E-state index < -0.39 is 6.10 Å². The summed E-state index contributed by atoms with van der Waals surface area (Å²) in [6.07, 6.45) is 68.1. The molecule has 0 aliphatic heterocycles. The molecule has 0 saturated heterocycles. The summed E-state index contributed by atoms with van der Waals surface area (Å²) in [6.45, 7) is 6.42. The maximum atomic E-state index is 12.8. The second-order valence-electron chi connectivity index (χ2n) is 17.2. The van der Waals surface area contributed by atoms with Gasteiger partial charge in [-0.2, -0.15) is 0 Å². The zero-order chi connectivity index (χ0) is 46.5. The Labute approximate surface area is 394 Å². The molecule has 1 atom stereocenters. The molecule has 0 rings (SSSR count).